The Morgan fingerprint density at radius 2 is 0.500 bits per heavy atom. The number of hydrogen-bond acceptors (Lipinski definition) is 8. The topological polar surface area (TPSA) is 113 Å². The lowest BCUT2D eigenvalue weighted by molar-refractivity contribution is -0.199. The van der Waals surface area contributed by atoms with Crippen molar-refractivity contribution in [2.75, 3.05) is 13.1 Å². The smallest absolute Gasteiger partial charge is 0.242 e. The third kappa shape index (κ3) is 9.16. The Bertz CT molecular complexity index is 1540. The first-order valence-corrected chi connectivity index (χ1v) is 25.7. The average Bonchev–Trinajstić information content (AvgIpc) is 2.97. The van der Waals surface area contributed by atoms with Crippen LogP contribution in [0.5, 0.6) is 0 Å². The highest BCUT2D eigenvalue weighted by molar-refractivity contribution is 5.89. The molecule has 6 N–H and O–H groups in total. The fraction of sp³-hybridized carbons (Fsp3) is 0.963. The van der Waals surface area contributed by atoms with Gasteiger partial charge in [0.2, 0.25) is 11.8 Å². The van der Waals surface area contributed by atoms with E-state index in [0.717, 1.165) is 51.4 Å². The third-order valence-electron chi connectivity index (χ3n) is 17.5. The molecule has 64 heavy (non-hydrogen) atoms. The Kier molecular flexibility index (Phi) is 12.3. The lowest BCUT2D eigenvalue weighted by atomic mass is 9.50. The molecule has 6 aliphatic heterocycles. The molecular weight excluding hydrogens is 793 g/mol. The van der Waals surface area contributed by atoms with E-state index in [1.807, 2.05) is 0 Å². The fourth-order valence-corrected chi connectivity index (χ4v) is 18.5. The zero-order valence-corrected chi connectivity index (χ0v) is 46.1. The van der Waals surface area contributed by atoms with E-state index in [9.17, 15) is 0 Å². The van der Waals surface area contributed by atoms with Crippen LogP contribution in [0.3, 0.4) is 0 Å². The molecule has 370 valence electrons. The first-order chi connectivity index (χ1) is 28.3. The molecule has 10 heteroatoms. The molecule has 6 fully saturated rings. The Balaban J connectivity index is 1.64. The van der Waals surface area contributed by atoms with Crippen LogP contribution in [-0.2, 0) is 9.59 Å². The van der Waals surface area contributed by atoms with Crippen molar-refractivity contribution in [1.29, 1.82) is 0 Å². The predicted octanol–water partition coefficient (Wildman–Crippen LogP) is 8.67. The summed E-state index contributed by atoms with van der Waals surface area (Å²) in [4.78, 5) is 37.1. The SMILES string of the molecule is CC1(C)CC(C2(C3CC(C)(C)NC(C)(C)C3)N(CCN3C(=O)C(C)(C)NC(C)(C)C3(C3CC(C)(C)NC(C)(C)C3)C3CC(C)(C)NC(C)(C)C3)C(=O)C(C)(C)NC2(C)C)CC(C)(C)N1. The van der Waals surface area contributed by atoms with E-state index in [1.54, 1.807) is 0 Å². The van der Waals surface area contributed by atoms with Crippen LogP contribution in [0.2, 0.25) is 0 Å². The lowest BCUT2D eigenvalue weighted by Crippen LogP contribution is -2.88. The summed E-state index contributed by atoms with van der Waals surface area (Å²) < 4.78 is 0. The maximum atomic E-state index is 16.1. The highest BCUT2D eigenvalue weighted by Gasteiger charge is 2.71. The highest BCUT2D eigenvalue weighted by atomic mass is 16.2. The molecule has 6 rings (SSSR count). The minimum atomic E-state index is -0.807. The quantitative estimate of drug-likeness (QED) is 0.151. The molecular formula is C54H102N8O2. The van der Waals surface area contributed by atoms with Gasteiger partial charge in [0.05, 0.1) is 22.2 Å². The van der Waals surface area contributed by atoms with Crippen LogP contribution >= 0.6 is 0 Å². The van der Waals surface area contributed by atoms with Gasteiger partial charge in [0, 0.05) is 68.5 Å². The molecule has 0 atom stereocenters. The molecule has 6 aliphatic rings. The van der Waals surface area contributed by atoms with Gasteiger partial charge in [-0.1, -0.05) is 0 Å². The number of hydrogen-bond donors (Lipinski definition) is 6. The molecule has 6 heterocycles. The summed E-state index contributed by atoms with van der Waals surface area (Å²) in [5, 5.41) is 24.3. The predicted molar refractivity (Wildman–Crippen MR) is 268 cm³/mol. The van der Waals surface area contributed by atoms with Crippen LogP contribution in [0, 0.1) is 23.7 Å². The maximum Gasteiger partial charge on any atom is 0.242 e. The van der Waals surface area contributed by atoms with Crippen LogP contribution in [0.1, 0.15) is 218 Å². The van der Waals surface area contributed by atoms with E-state index >= 15 is 9.59 Å². The van der Waals surface area contributed by atoms with E-state index in [4.69, 9.17) is 0 Å². The van der Waals surface area contributed by atoms with Gasteiger partial charge >= 0.3 is 0 Å². The monoisotopic (exact) mass is 895 g/mol. The zero-order valence-electron chi connectivity index (χ0n) is 46.1. The van der Waals surface area contributed by atoms with Gasteiger partial charge in [-0.3, -0.25) is 20.2 Å². The van der Waals surface area contributed by atoms with Crippen LogP contribution < -0.4 is 31.9 Å². The van der Waals surface area contributed by atoms with E-state index in [0.29, 0.717) is 13.1 Å². The largest absolute Gasteiger partial charge is 0.331 e. The lowest BCUT2D eigenvalue weighted by Gasteiger charge is -2.72. The molecule has 0 spiro atoms. The maximum absolute atomic E-state index is 16.1. The molecule has 2 amide bonds. The Morgan fingerprint density at radius 3 is 0.672 bits per heavy atom. The summed E-state index contributed by atoms with van der Waals surface area (Å²) in [6, 6.07) is 0. The summed E-state index contributed by atoms with van der Waals surface area (Å²) in [5.41, 5.74) is -4.85. The van der Waals surface area contributed by atoms with Gasteiger partial charge in [-0.25, -0.2) is 0 Å². The van der Waals surface area contributed by atoms with Crippen molar-refractivity contribution in [3.63, 3.8) is 0 Å². The molecule has 10 nitrogen and oxygen atoms in total. The van der Waals surface area contributed by atoms with Crippen molar-refractivity contribution in [3.8, 4) is 0 Å². The summed E-state index contributed by atoms with van der Waals surface area (Å²) in [6.07, 6.45) is 7.60. The van der Waals surface area contributed by atoms with E-state index in [2.05, 4.69) is 208 Å². The fourth-order valence-electron chi connectivity index (χ4n) is 18.5. The Morgan fingerprint density at radius 1 is 0.328 bits per heavy atom. The second-order valence-corrected chi connectivity index (χ2v) is 30.3. The van der Waals surface area contributed by atoms with Crippen molar-refractivity contribution in [2.24, 2.45) is 23.7 Å². The molecule has 0 aromatic heterocycles. The van der Waals surface area contributed by atoms with Crippen LogP contribution in [-0.4, -0.2) is 112 Å². The average molecular weight is 895 g/mol. The van der Waals surface area contributed by atoms with Crippen molar-refractivity contribution in [2.45, 2.75) is 295 Å². The second kappa shape index (κ2) is 15.1. The first-order valence-electron chi connectivity index (χ1n) is 25.7. The normalized spacial score (nSPS) is 33.4. The number of nitrogens with one attached hydrogen (secondary N) is 6. The van der Waals surface area contributed by atoms with E-state index < -0.39 is 33.2 Å². The molecule has 6 saturated heterocycles. The molecule has 0 aromatic carbocycles. The van der Waals surface area contributed by atoms with Gasteiger partial charge in [0.15, 0.2) is 0 Å². The number of piperidine rings is 4. The Hall–Kier alpha value is -1.30. The summed E-state index contributed by atoms with van der Waals surface area (Å²) in [5.74, 6) is 1.06. The van der Waals surface area contributed by atoms with Crippen molar-refractivity contribution < 1.29 is 9.59 Å². The molecule has 0 bridgehead atoms. The molecule has 0 saturated carbocycles. The van der Waals surface area contributed by atoms with Crippen LogP contribution in [0.4, 0.5) is 0 Å². The highest BCUT2D eigenvalue weighted by Crippen LogP contribution is 2.60. The van der Waals surface area contributed by atoms with Gasteiger partial charge in [-0.2, -0.15) is 0 Å². The minimum Gasteiger partial charge on any atom is -0.331 e. The number of carbonyl (C=O) groups excluding carboxylic acids is 2. The molecule has 0 aromatic rings. The van der Waals surface area contributed by atoms with Gasteiger partial charge in [0.1, 0.15) is 0 Å². The van der Waals surface area contributed by atoms with Gasteiger partial charge < -0.3 is 31.1 Å². The van der Waals surface area contributed by atoms with Crippen molar-refractivity contribution in [1.82, 2.24) is 41.7 Å². The number of nitrogens with zero attached hydrogens (tertiary/aromatic N) is 2. The van der Waals surface area contributed by atoms with Gasteiger partial charge in [-0.05, 0) is 241 Å². The van der Waals surface area contributed by atoms with Crippen LogP contribution in [0.25, 0.3) is 0 Å². The zero-order chi connectivity index (χ0) is 48.9. The van der Waals surface area contributed by atoms with Gasteiger partial charge in [-0.15, -0.1) is 0 Å². The summed E-state index contributed by atoms with van der Waals surface area (Å²) in [6.45, 7) is 56.9. The van der Waals surface area contributed by atoms with Crippen molar-refractivity contribution >= 4 is 11.8 Å². The molecule has 0 aliphatic carbocycles. The Labute approximate surface area is 393 Å². The molecule has 0 radical (unpaired) electrons. The standard InChI is InChI=1S/C54H102N8O2/c1-41(2)27-35(28-42(3,4)55-41)53(36-29-43(5,6)56-44(7,8)30-36)51(21,22)59-49(17,18)39(63)61(53)25-26-62-40(64)50(19,20)60-52(23,24)54(62,37-31-45(9,10)57-46(11,12)32-37)38-33-47(13,14)58-48(15,16)34-38/h35-38,55-60H,25-34H2,1-24H3. The van der Waals surface area contributed by atoms with Crippen molar-refractivity contribution in [3.05, 3.63) is 0 Å². The number of amides is 2. The number of rotatable bonds is 7. The summed E-state index contributed by atoms with van der Waals surface area (Å²) >= 11 is 0. The van der Waals surface area contributed by atoms with E-state index in [-0.39, 0.29) is 79.8 Å². The molecule has 0 unspecified atom stereocenters. The number of carbonyl (C=O) groups is 2. The summed E-state index contributed by atoms with van der Waals surface area (Å²) in [7, 11) is 0. The third-order valence-corrected chi connectivity index (χ3v) is 17.5. The minimum absolute atomic E-state index is 0.143. The second-order valence-electron chi connectivity index (χ2n) is 30.3. The van der Waals surface area contributed by atoms with Crippen LogP contribution in [0.15, 0.2) is 0 Å². The first kappa shape index (κ1) is 52.1. The van der Waals surface area contributed by atoms with E-state index in [1.165, 1.54) is 0 Å². The number of piperazine rings is 2. The van der Waals surface area contributed by atoms with Gasteiger partial charge in [0.25, 0.3) is 0 Å².